The maximum Gasteiger partial charge on any atom is 0.191 e. The van der Waals surface area contributed by atoms with Gasteiger partial charge < -0.3 is 15.2 Å². The van der Waals surface area contributed by atoms with Gasteiger partial charge in [0.25, 0.3) is 0 Å². The second-order valence-electron chi connectivity index (χ2n) is 6.33. The highest BCUT2D eigenvalue weighted by molar-refractivity contribution is 5.80. The minimum absolute atomic E-state index is 0.566. The largest absolute Gasteiger partial charge is 0.357 e. The van der Waals surface area contributed by atoms with E-state index in [2.05, 4.69) is 46.2 Å². The van der Waals surface area contributed by atoms with Gasteiger partial charge in [-0.05, 0) is 38.5 Å². The van der Waals surface area contributed by atoms with E-state index < -0.39 is 0 Å². The molecule has 1 fully saturated rings. The number of rotatable bonds is 7. The van der Waals surface area contributed by atoms with E-state index in [1.165, 1.54) is 32.1 Å². The third-order valence-corrected chi connectivity index (χ3v) is 4.73. The molecule has 0 radical (unpaired) electrons. The second-order valence-corrected chi connectivity index (χ2v) is 6.33. The summed E-state index contributed by atoms with van der Waals surface area (Å²) in [5.74, 6) is 2.89. The summed E-state index contributed by atoms with van der Waals surface area (Å²) < 4.78 is 2.08. The van der Waals surface area contributed by atoms with Crippen LogP contribution in [0.1, 0.15) is 58.7 Å². The van der Waals surface area contributed by atoms with E-state index in [0.717, 1.165) is 43.8 Å². The molecule has 2 rings (SSSR count). The van der Waals surface area contributed by atoms with E-state index in [9.17, 15) is 0 Å². The lowest BCUT2D eigenvalue weighted by molar-refractivity contribution is 0.304. The van der Waals surface area contributed by atoms with Gasteiger partial charge in [-0.1, -0.05) is 20.3 Å². The third kappa shape index (κ3) is 5.52. The lowest BCUT2D eigenvalue weighted by Crippen LogP contribution is -2.45. The molecule has 6 heteroatoms. The summed E-state index contributed by atoms with van der Waals surface area (Å²) in [6, 6.07) is 0.566. The first kappa shape index (κ1) is 17.8. The summed E-state index contributed by atoms with van der Waals surface area (Å²) in [4.78, 5) is 4.72. The fourth-order valence-corrected chi connectivity index (χ4v) is 3.24. The SMILES string of the molecule is CCNC(=NCCn1cnnc1CC)NC1CCC(CC)CC1. The van der Waals surface area contributed by atoms with E-state index in [1.807, 2.05) is 0 Å². The van der Waals surface area contributed by atoms with Crippen LogP contribution in [-0.2, 0) is 13.0 Å². The van der Waals surface area contributed by atoms with Gasteiger partial charge in [-0.25, -0.2) is 0 Å². The number of aryl methyl sites for hydroxylation is 1. The Kier molecular flexibility index (Phi) is 7.36. The molecule has 0 bridgehead atoms. The molecule has 0 aromatic carbocycles. The monoisotopic (exact) mass is 320 g/mol. The minimum Gasteiger partial charge on any atom is -0.357 e. The number of guanidine groups is 1. The van der Waals surface area contributed by atoms with Crippen molar-refractivity contribution in [3.8, 4) is 0 Å². The average molecular weight is 320 g/mol. The molecular weight excluding hydrogens is 288 g/mol. The maximum atomic E-state index is 4.72. The van der Waals surface area contributed by atoms with Gasteiger partial charge in [-0.2, -0.15) is 0 Å². The van der Waals surface area contributed by atoms with Crippen LogP contribution in [0.5, 0.6) is 0 Å². The molecule has 0 spiro atoms. The summed E-state index contributed by atoms with van der Waals surface area (Å²) >= 11 is 0. The smallest absolute Gasteiger partial charge is 0.191 e. The van der Waals surface area contributed by atoms with Crippen molar-refractivity contribution in [1.29, 1.82) is 0 Å². The fraction of sp³-hybridized carbons (Fsp3) is 0.824. The van der Waals surface area contributed by atoms with E-state index in [0.29, 0.717) is 6.04 Å². The van der Waals surface area contributed by atoms with Crippen molar-refractivity contribution < 1.29 is 0 Å². The number of hydrogen-bond donors (Lipinski definition) is 2. The van der Waals surface area contributed by atoms with Crippen molar-refractivity contribution in [1.82, 2.24) is 25.4 Å². The molecule has 2 N–H and O–H groups in total. The highest BCUT2D eigenvalue weighted by atomic mass is 15.3. The predicted octanol–water partition coefficient (Wildman–Crippen LogP) is 2.36. The van der Waals surface area contributed by atoms with E-state index in [1.54, 1.807) is 6.33 Å². The number of aliphatic imine (C=N–C) groups is 1. The summed E-state index contributed by atoms with van der Waals surface area (Å²) in [5.41, 5.74) is 0. The zero-order chi connectivity index (χ0) is 16.5. The Morgan fingerprint density at radius 2 is 2.04 bits per heavy atom. The Morgan fingerprint density at radius 3 is 2.70 bits per heavy atom. The van der Waals surface area contributed by atoms with Gasteiger partial charge in [0.15, 0.2) is 5.96 Å². The molecule has 1 saturated carbocycles. The first-order valence-electron chi connectivity index (χ1n) is 9.18. The second kappa shape index (κ2) is 9.53. The molecular formula is C17H32N6. The fourth-order valence-electron chi connectivity index (χ4n) is 3.24. The van der Waals surface area contributed by atoms with E-state index in [4.69, 9.17) is 4.99 Å². The van der Waals surface area contributed by atoms with Gasteiger partial charge >= 0.3 is 0 Å². The van der Waals surface area contributed by atoms with Crippen molar-refractivity contribution >= 4 is 5.96 Å². The van der Waals surface area contributed by atoms with Crippen LogP contribution >= 0.6 is 0 Å². The summed E-state index contributed by atoms with van der Waals surface area (Å²) in [6.07, 6.45) is 9.22. The Morgan fingerprint density at radius 1 is 1.26 bits per heavy atom. The van der Waals surface area contributed by atoms with Gasteiger partial charge in [-0.15, -0.1) is 10.2 Å². The van der Waals surface area contributed by atoms with Crippen LogP contribution in [0, 0.1) is 5.92 Å². The molecule has 1 aromatic rings. The van der Waals surface area contributed by atoms with Crippen LogP contribution in [0.15, 0.2) is 11.3 Å². The third-order valence-electron chi connectivity index (χ3n) is 4.73. The lowest BCUT2D eigenvalue weighted by atomic mass is 9.84. The highest BCUT2D eigenvalue weighted by Gasteiger charge is 2.20. The van der Waals surface area contributed by atoms with Crippen LogP contribution in [0.4, 0.5) is 0 Å². The summed E-state index contributed by atoms with van der Waals surface area (Å²) in [5, 5.41) is 15.1. The average Bonchev–Trinajstić information content (AvgIpc) is 3.03. The van der Waals surface area contributed by atoms with Gasteiger partial charge in [0, 0.05) is 25.6 Å². The molecule has 23 heavy (non-hydrogen) atoms. The van der Waals surface area contributed by atoms with Crippen LogP contribution < -0.4 is 10.6 Å². The molecule has 1 aliphatic rings. The Balaban J connectivity index is 1.82. The molecule has 130 valence electrons. The molecule has 0 atom stereocenters. The van der Waals surface area contributed by atoms with Gasteiger partial charge in [0.05, 0.1) is 6.54 Å². The van der Waals surface area contributed by atoms with Crippen molar-refractivity contribution in [3.05, 3.63) is 12.2 Å². The predicted molar refractivity (Wildman–Crippen MR) is 94.6 cm³/mol. The molecule has 0 unspecified atom stereocenters. The standard InChI is InChI=1S/C17H32N6/c1-4-14-7-9-15(10-8-14)21-17(18-6-3)19-11-12-23-13-20-22-16(23)5-2/h13-15H,4-12H2,1-3H3,(H2,18,19,21). The molecule has 0 saturated heterocycles. The Bertz CT molecular complexity index is 473. The minimum atomic E-state index is 0.566. The molecule has 6 nitrogen and oxygen atoms in total. The quantitative estimate of drug-likeness (QED) is 0.598. The van der Waals surface area contributed by atoms with Crippen molar-refractivity contribution in [2.75, 3.05) is 13.1 Å². The Hall–Kier alpha value is -1.59. The number of hydrogen-bond acceptors (Lipinski definition) is 3. The van der Waals surface area contributed by atoms with Crippen LogP contribution in [0.25, 0.3) is 0 Å². The zero-order valence-electron chi connectivity index (χ0n) is 14.9. The van der Waals surface area contributed by atoms with Crippen LogP contribution in [0.3, 0.4) is 0 Å². The molecule has 1 aromatic heterocycles. The number of aromatic nitrogens is 3. The molecule has 1 aliphatic carbocycles. The van der Waals surface area contributed by atoms with Crippen molar-refractivity contribution in [2.45, 2.75) is 71.9 Å². The van der Waals surface area contributed by atoms with E-state index in [-0.39, 0.29) is 0 Å². The Labute approximate surface area is 140 Å². The zero-order valence-corrected chi connectivity index (χ0v) is 14.9. The van der Waals surface area contributed by atoms with Crippen molar-refractivity contribution in [2.24, 2.45) is 10.9 Å². The molecule has 0 aliphatic heterocycles. The molecule has 0 amide bonds. The highest BCUT2D eigenvalue weighted by Crippen LogP contribution is 2.26. The lowest BCUT2D eigenvalue weighted by Gasteiger charge is -2.29. The van der Waals surface area contributed by atoms with Gasteiger partial charge in [0.1, 0.15) is 12.2 Å². The van der Waals surface area contributed by atoms with Gasteiger partial charge in [-0.3, -0.25) is 4.99 Å². The topological polar surface area (TPSA) is 67.1 Å². The summed E-state index contributed by atoms with van der Waals surface area (Å²) in [7, 11) is 0. The van der Waals surface area contributed by atoms with Gasteiger partial charge in [0.2, 0.25) is 0 Å². The maximum absolute atomic E-state index is 4.72. The van der Waals surface area contributed by atoms with E-state index >= 15 is 0 Å². The first-order valence-corrected chi connectivity index (χ1v) is 9.18. The van der Waals surface area contributed by atoms with Crippen LogP contribution in [0.2, 0.25) is 0 Å². The number of nitrogens with one attached hydrogen (secondary N) is 2. The van der Waals surface area contributed by atoms with Crippen LogP contribution in [-0.4, -0.2) is 39.9 Å². The van der Waals surface area contributed by atoms with Crippen molar-refractivity contribution in [3.63, 3.8) is 0 Å². The number of nitrogens with zero attached hydrogens (tertiary/aromatic N) is 4. The molecule has 1 heterocycles. The first-order chi connectivity index (χ1) is 11.3. The summed E-state index contributed by atoms with van der Waals surface area (Å²) in [6.45, 7) is 8.98. The normalized spacial score (nSPS) is 22.1.